The molecule has 0 saturated carbocycles. The summed E-state index contributed by atoms with van der Waals surface area (Å²) in [5, 5.41) is 2.28. The van der Waals surface area contributed by atoms with Crippen molar-refractivity contribution >= 4 is 23.4 Å². The van der Waals surface area contributed by atoms with Crippen molar-refractivity contribution in [3.63, 3.8) is 0 Å². The van der Waals surface area contributed by atoms with Crippen LogP contribution in [0.4, 0.5) is 5.82 Å². The highest BCUT2D eigenvalue weighted by molar-refractivity contribution is 5.93. The Hall–Kier alpha value is -3.08. The molecular weight excluding hydrogens is 316 g/mol. The number of pyridine rings is 1. The van der Waals surface area contributed by atoms with Gasteiger partial charge in [0.1, 0.15) is 18.2 Å². The summed E-state index contributed by atoms with van der Waals surface area (Å²) in [6.45, 7) is 0.618. The van der Waals surface area contributed by atoms with E-state index in [1.54, 1.807) is 6.07 Å². The van der Waals surface area contributed by atoms with Crippen LogP contribution in [0.5, 0.6) is 5.75 Å². The number of carbonyl (C=O) groups excluding carboxylic acids is 1. The Morgan fingerprint density at radius 1 is 1.36 bits per heavy atom. The maximum Gasteiger partial charge on any atom is 0.338 e. The predicted octanol–water partition coefficient (Wildman–Crippen LogP) is 1.13. The van der Waals surface area contributed by atoms with Gasteiger partial charge in [0.15, 0.2) is 0 Å². The van der Waals surface area contributed by atoms with Gasteiger partial charge in [-0.2, -0.15) is 0 Å². The van der Waals surface area contributed by atoms with E-state index in [1.807, 2.05) is 0 Å². The number of ether oxygens (including phenoxy) is 2. The summed E-state index contributed by atoms with van der Waals surface area (Å²) < 4.78 is 10.7. The zero-order valence-corrected chi connectivity index (χ0v) is 13.9. The largest absolute Gasteiger partial charge is 0.489 e. The number of hydrogen-bond acceptors (Lipinski definition) is 5. The molecular formula is C20H18N2O3. The average Bonchev–Trinajstić information content (AvgIpc) is 3.12. The number of anilines is 1. The van der Waals surface area contributed by atoms with Gasteiger partial charge in [-0.3, -0.25) is 0 Å². The lowest BCUT2D eigenvalue weighted by atomic mass is 9.92. The number of nitrogen functional groups attached to an aromatic ring is 1. The second kappa shape index (κ2) is 6.09. The summed E-state index contributed by atoms with van der Waals surface area (Å²) in [4.78, 5) is 16.2. The third kappa shape index (κ3) is 2.58. The minimum atomic E-state index is -0.406. The fourth-order valence-electron chi connectivity index (χ4n) is 3.44. The average molecular weight is 334 g/mol. The molecule has 1 aromatic carbocycles. The van der Waals surface area contributed by atoms with Crippen molar-refractivity contribution in [2.75, 3.05) is 19.5 Å². The van der Waals surface area contributed by atoms with E-state index >= 15 is 0 Å². The normalized spacial score (nSPS) is 14.4. The molecule has 0 bridgehead atoms. The van der Waals surface area contributed by atoms with E-state index in [9.17, 15) is 4.79 Å². The van der Waals surface area contributed by atoms with Crippen molar-refractivity contribution in [2.24, 2.45) is 0 Å². The number of aromatic nitrogens is 1. The number of fused-ring (bicyclic) bond motifs is 3. The molecule has 126 valence electrons. The lowest BCUT2D eigenvalue weighted by Crippen LogP contribution is -2.21. The van der Waals surface area contributed by atoms with E-state index in [1.165, 1.54) is 18.9 Å². The molecule has 0 radical (unpaired) electrons. The van der Waals surface area contributed by atoms with Crippen LogP contribution < -0.4 is 20.9 Å². The molecule has 0 atom stereocenters. The van der Waals surface area contributed by atoms with Crippen molar-refractivity contribution < 1.29 is 14.3 Å². The van der Waals surface area contributed by atoms with Crippen molar-refractivity contribution in [3.8, 4) is 5.75 Å². The highest BCUT2D eigenvalue weighted by atomic mass is 16.5. The second-order valence-corrected chi connectivity index (χ2v) is 6.05. The van der Waals surface area contributed by atoms with E-state index in [4.69, 9.17) is 15.2 Å². The Morgan fingerprint density at radius 3 is 3.08 bits per heavy atom. The van der Waals surface area contributed by atoms with Gasteiger partial charge in [-0.1, -0.05) is 24.3 Å². The highest BCUT2D eigenvalue weighted by Gasteiger charge is 2.19. The lowest BCUT2D eigenvalue weighted by molar-refractivity contribution is 0.0599. The van der Waals surface area contributed by atoms with Gasteiger partial charge in [-0.25, -0.2) is 9.78 Å². The summed E-state index contributed by atoms with van der Waals surface area (Å²) in [6, 6.07) is 5.84. The first kappa shape index (κ1) is 15.4. The van der Waals surface area contributed by atoms with Gasteiger partial charge in [0, 0.05) is 29.0 Å². The van der Waals surface area contributed by atoms with Crippen LogP contribution in [0, 0.1) is 0 Å². The van der Waals surface area contributed by atoms with E-state index in [-0.39, 0.29) is 0 Å². The van der Waals surface area contributed by atoms with E-state index < -0.39 is 5.97 Å². The Labute approximate surface area is 145 Å². The standard InChI is InChI=1S/C20H18N2O3/c1-24-20(23)16-7-9-22-19(21)17(16)11-13-3-2-4-15-14(13)6-5-12-8-10-25-18(12)15/h2-3,5-9H,4,10-11H2,1H3,(H2,21,22). The van der Waals surface area contributed by atoms with Crippen LogP contribution in [0.15, 0.2) is 36.5 Å². The lowest BCUT2D eigenvalue weighted by Gasteiger charge is -2.16. The number of carbonyl (C=O) groups is 1. The molecule has 2 aliphatic rings. The number of nitrogens with two attached hydrogens (primary N) is 1. The van der Waals surface area contributed by atoms with Crippen LogP contribution in [0.3, 0.4) is 0 Å². The maximum atomic E-state index is 12.1. The second-order valence-electron chi connectivity index (χ2n) is 6.05. The molecule has 1 aromatic heterocycles. The minimum absolute atomic E-state index is 0.349. The van der Waals surface area contributed by atoms with Crippen LogP contribution in [0.25, 0.3) is 11.6 Å². The number of esters is 1. The summed E-state index contributed by atoms with van der Waals surface area (Å²) in [7, 11) is 1.36. The van der Waals surface area contributed by atoms with Gasteiger partial charge in [0.2, 0.25) is 0 Å². The molecule has 0 saturated heterocycles. The van der Waals surface area contributed by atoms with Gasteiger partial charge < -0.3 is 15.2 Å². The molecule has 2 aromatic rings. The fraction of sp³-hybridized carbons (Fsp3) is 0.200. The molecule has 1 aliphatic carbocycles. The molecule has 2 N–H and O–H groups in total. The Bertz CT molecular complexity index is 1020. The number of nitrogens with zero attached hydrogens (tertiary/aromatic N) is 1. The van der Waals surface area contributed by atoms with Crippen LogP contribution in [-0.4, -0.2) is 24.7 Å². The maximum absolute atomic E-state index is 12.1. The third-order valence-corrected chi connectivity index (χ3v) is 4.67. The van der Waals surface area contributed by atoms with Crippen molar-refractivity contribution in [1.82, 2.24) is 4.98 Å². The van der Waals surface area contributed by atoms with Gasteiger partial charge in [-0.15, -0.1) is 0 Å². The summed E-state index contributed by atoms with van der Waals surface area (Å²) in [5.74, 6) is 0.907. The fourth-order valence-corrected chi connectivity index (χ4v) is 3.44. The molecule has 0 amide bonds. The van der Waals surface area contributed by atoms with Crippen LogP contribution in [-0.2, 0) is 17.6 Å². The first-order chi connectivity index (χ1) is 12.2. The van der Waals surface area contributed by atoms with Crippen LogP contribution >= 0.6 is 0 Å². The number of benzene rings is 1. The topological polar surface area (TPSA) is 74.4 Å². The molecule has 5 heteroatoms. The van der Waals surface area contributed by atoms with Gasteiger partial charge >= 0.3 is 5.97 Å². The molecule has 4 rings (SSSR count). The summed E-state index contributed by atoms with van der Waals surface area (Å²) >= 11 is 0. The number of allylic oxidation sites excluding steroid dienone is 2. The Kier molecular flexibility index (Phi) is 3.76. The van der Waals surface area contributed by atoms with E-state index in [0.29, 0.717) is 30.0 Å². The quantitative estimate of drug-likeness (QED) is 0.852. The van der Waals surface area contributed by atoms with Crippen LogP contribution in [0.2, 0.25) is 0 Å². The Morgan fingerprint density at radius 2 is 2.24 bits per heavy atom. The first-order valence-corrected chi connectivity index (χ1v) is 8.15. The van der Waals surface area contributed by atoms with Gasteiger partial charge in [-0.05, 0) is 29.4 Å². The molecule has 1 aliphatic heterocycles. The SMILES string of the molecule is COC(=O)c1ccnc(N)c1CC1=c2ccc3c(c2CC=C1)OCC=3. The predicted molar refractivity (Wildman–Crippen MR) is 95.6 cm³/mol. The minimum Gasteiger partial charge on any atom is -0.489 e. The van der Waals surface area contributed by atoms with Crippen molar-refractivity contribution in [3.05, 3.63) is 63.7 Å². The highest BCUT2D eigenvalue weighted by Crippen LogP contribution is 2.24. The molecule has 2 heterocycles. The third-order valence-electron chi connectivity index (χ3n) is 4.67. The monoisotopic (exact) mass is 334 g/mol. The van der Waals surface area contributed by atoms with E-state index in [2.05, 4.69) is 35.3 Å². The number of methoxy groups -OCH3 is 1. The van der Waals surface area contributed by atoms with Gasteiger partial charge in [0.05, 0.1) is 12.7 Å². The molecule has 5 nitrogen and oxygen atoms in total. The van der Waals surface area contributed by atoms with Gasteiger partial charge in [0.25, 0.3) is 0 Å². The number of hydrogen-bond donors (Lipinski definition) is 1. The number of rotatable bonds is 3. The zero-order chi connectivity index (χ0) is 17.4. The summed E-state index contributed by atoms with van der Waals surface area (Å²) in [6.07, 6.45) is 9.16. The molecule has 0 fully saturated rings. The molecule has 25 heavy (non-hydrogen) atoms. The molecule has 0 spiro atoms. The summed E-state index contributed by atoms with van der Waals surface area (Å²) in [5.41, 5.74) is 9.47. The van der Waals surface area contributed by atoms with Crippen LogP contribution in [0.1, 0.15) is 21.5 Å². The van der Waals surface area contributed by atoms with Crippen molar-refractivity contribution in [2.45, 2.75) is 12.8 Å². The smallest absolute Gasteiger partial charge is 0.338 e. The van der Waals surface area contributed by atoms with Crippen molar-refractivity contribution in [1.29, 1.82) is 0 Å². The van der Waals surface area contributed by atoms with E-state index in [0.717, 1.165) is 28.2 Å². The zero-order valence-electron chi connectivity index (χ0n) is 13.9. The molecule has 0 unspecified atom stereocenters. The first-order valence-electron chi connectivity index (χ1n) is 8.15. The Balaban J connectivity index is 1.87.